The first kappa shape index (κ1) is 23.7. The molecule has 0 saturated carbocycles. The molecule has 0 fully saturated rings. The zero-order chi connectivity index (χ0) is 8.57. The van der Waals surface area contributed by atoms with Crippen LogP contribution in [0, 0.1) is 12.8 Å². The maximum atomic E-state index is 2.42. The summed E-state index contributed by atoms with van der Waals surface area (Å²) in [7, 11) is 2.42. The molecule has 0 aliphatic carbocycles. The van der Waals surface area contributed by atoms with Crippen molar-refractivity contribution in [3.63, 3.8) is 0 Å². The summed E-state index contributed by atoms with van der Waals surface area (Å²) in [6, 6.07) is 0. The first-order valence-corrected chi connectivity index (χ1v) is 4.71. The molecule has 0 spiro atoms. The molecule has 0 aromatic carbocycles. The van der Waals surface area contributed by atoms with Crippen LogP contribution in [0.5, 0.6) is 0 Å². The molecule has 0 aromatic rings. The van der Waals surface area contributed by atoms with E-state index in [9.17, 15) is 0 Å². The van der Waals surface area contributed by atoms with Crippen molar-refractivity contribution in [1.29, 1.82) is 0 Å². The molecule has 0 nitrogen and oxygen atoms in total. The third kappa shape index (κ3) is 14.6. The van der Waals surface area contributed by atoms with Crippen LogP contribution in [0.25, 0.3) is 0 Å². The summed E-state index contributed by atoms with van der Waals surface area (Å²) in [6.07, 6.45) is 4.24. The van der Waals surface area contributed by atoms with E-state index in [1.54, 1.807) is 0 Å². The van der Waals surface area contributed by atoms with E-state index in [2.05, 4.69) is 49.8 Å². The van der Waals surface area contributed by atoms with Crippen LogP contribution in [0.4, 0.5) is 0 Å². The SMILES string of the molecule is CP.C[CH-]/C(C)=C(/C)[CH-]C.[Y].[Y]. The third-order valence-corrected chi connectivity index (χ3v) is 1.49. The molecule has 1 unspecified atom stereocenters. The zero-order valence-corrected chi connectivity index (χ0v) is 15.7. The number of hydrogen-bond acceptors (Lipinski definition) is 0. The normalized spacial score (nSPS) is 8.83. The van der Waals surface area contributed by atoms with Crippen molar-refractivity contribution in [2.45, 2.75) is 27.7 Å². The van der Waals surface area contributed by atoms with Crippen LogP contribution in [0.1, 0.15) is 27.7 Å². The summed E-state index contributed by atoms with van der Waals surface area (Å²) in [5.41, 5.74) is 2.74. The standard InChI is InChI=1S/C8H14.CH5P.2Y/c1-5-7(3)8(4)6-2;1-2;;/h5-6H,1-4H3;2H2,1H3;;/q-2;;;/b8-7-;;;. The van der Waals surface area contributed by atoms with Gasteiger partial charge in [-0.15, -0.1) is 36.9 Å². The maximum absolute atomic E-state index is 2.42. The molecule has 0 heterocycles. The van der Waals surface area contributed by atoms with Gasteiger partial charge in [-0.05, 0) is 0 Å². The average molecular weight is 336 g/mol. The smallest absolute Gasteiger partial charge is 0 e. The fourth-order valence-electron chi connectivity index (χ4n) is 0.455. The van der Waals surface area contributed by atoms with Gasteiger partial charge in [-0.2, -0.15) is 0 Å². The van der Waals surface area contributed by atoms with E-state index in [0.717, 1.165) is 0 Å². The minimum Gasteiger partial charge on any atom is -0.364 e. The predicted molar refractivity (Wildman–Crippen MR) is 54.0 cm³/mol. The Kier molecular flexibility index (Phi) is 37.2. The van der Waals surface area contributed by atoms with E-state index in [0.29, 0.717) is 0 Å². The van der Waals surface area contributed by atoms with Gasteiger partial charge in [0, 0.05) is 65.4 Å². The van der Waals surface area contributed by atoms with Gasteiger partial charge in [0.15, 0.2) is 0 Å². The Morgan fingerprint density at radius 1 is 0.833 bits per heavy atom. The van der Waals surface area contributed by atoms with Gasteiger partial charge < -0.3 is 24.0 Å². The zero-order valence-electron chi connectivity index (χ0n) is 8.89. The number of rotatable bonds is 2. The van der Waals surface area contributed by atoms with Gasteiger partial charge >= 0.3 is 0 Å². The topological polar surface area (TPSA) is 0 Å². The fraction of sp³-hybridized carbons (Fsp3) is 0.556. The monoisotopic (exact) mass is 336 g/mol. The van der Waals surface area contributed by atoms with Crippen molar-refractivity contribution >= 4 is 9.24 Å². The summed E-state index contributed by atoms with van der Waals surface area (Å²) in [4.78, 5) is 0. The maximum Gasteiger partial charge on any atom is 0 e. The molecule has 0 rings (SSSR count). The van der Waals surface area contributed by atoms with Gasteiger partial charge in [0.1, 0.15) is 0 Å². The summed E-state index contributed by atoms with van der Waals surface area (Å²) >= 11 is 0. The molecule has 0 bridgehead atoms. The van der Waals surface area contributed by atoms with Crippen molar-refractivity contribution in [3.8, 4) is 0 Å². The molecule has 1 atom stereocenters. The minimum atomic E-state index is 0. The van der Waals surface area contributed by atoms with E-state index >= 15 is 0 Å². The Labute approximate surface area is 131 Å². The molecule has 12 heavy (non-hydrogen) atoms. The first-order chi connectivity index (χ1) is 4.72. The molecule has 0 amide bonds. The van der Waals surface area contributed by atoms with Crippen LogP contribution in [0.2, 0.25) is 0 Å². The number of hydrogen-bond donors (Lipinski definition) is 0. The van der Waals surface area contributed by atoms with E-state index < -0.39 is 0 Å². The molecule has 3 heteroatoms. The molecule has 2 radical (unpaired) electrons. The van der Waals surface area contributed by atoms with Crippen molar-refractivity contribution in [3.05, 3.63) is 24.0 Å². The molecule has 68 valence electrons. The number of allylic oxidation sites excluding steroid dienone is 2. The molecule has 0 aromatic heterocycles. The third-order valence-electron chi connectivity index (χ3n) is 1.49. The van der Waals surface area contributed by atoms with Crippen LogP contribution in [-0.2, 0) is 65.4 Å². The molecular formula is C9H19PY2-2. The van der Waals surface area contributed by atoms with E-state index in [-0.39, 0.29) is 65.4 Å². The molecule has 0 N–H and O–H groups in total. The van der Waals surface area contributed by atoms with Gasteiger partial charge in [0.2, 0.25) is 0 Å². The van der Waals surface area contributed by atoms with Crippen LogP contribution < -0.4 is 0 Å². The first-order valence-electron chi connectivity index (χ1n) is 3.56. The summed E-state index contributed by atoms with van der Waals surface area (Å²) in [5.74, 6) is 0. The predicted octanol–water partition coefficient (Wildman–Crippen LogP) is 3.26. The molecule has 0 aliphatic heterocycles. The van der Waals surface area contributed by atoms with Crippen LogP contribution >= 0.6 is 9.24 Å². The fourth-order valence-corrected chi connectivity index (χ4v) is 0.455. The summed E-state index contributed by atoms with van der Waals surface area (Å²) in [6.45, 7) is 10.3. The Bertz CT molecular complexity index is 88.7. The summed E-state index contributed by atoms with van der Waals surface area (Å²) in [5, 5.41) is 0. The van der Waals surface area contributed by atoms with Gasteiger partial charge in [0.05, 0.1) is 0 Å². The van der Waals surface area contributed by atoms with Crippen LogP contribution in [0.3, 0.4) is 0 Å². The van der Waals surface area contributed by atoms with E-state index in [1.807, 2.05) is 6.66 Å². The molecule has 0 saturated heterocycles. The van der Waals surface area contributed by atoms with Crippen molar-refractivity contribution < 1.29 is 65.4 Å². The van der Waals surface area contributed by atoms with Crippen LogP contribution in [0.15, 0.2) is 11.1 Å². The second-order valence-corrected chi connectivity index (χ2v) is 1.94. The van der Waals surface area contributed by atoms with Gasteiger partial charge in [-0.25, -0.2) is 0 Å². The second kappa shape index (κ2) is 18.8. The Morgan fingerprint density at radius 3 is 1.08 bits per heavy atom. The van der Waals surface area contributed by atoms with Gasteiger partial charge in [-0.1, -0.05) is 6.66 Å². The van der Waals surface area contributed by atoms with Crippen LogP contribution in [-0.4, -0.2) is 6.66 Å². The minimum absolute atomic E-state index is 0. The van der Waals surface area contributed by atoms with E-state index in [4.69, 9.17) is 0 Å². The Balaban J connectivity index is -0.0000000740. The average Bonchev–Trinajstić information content (AvgIpc) is 2.05. The molecular weight excluding hydrogens is 317 g/mol. The van der Waals surface area contributed by atoms with Gasteiger partial charge in [0.25, 0.3) is 0 Å². The Morgan fingerprint density at radius 2 is 1.00 bits per heavy atom. The quantitative estimate of drug-likeness (QED) is 0.536. The van der Waals surface area contributed by atoms with Crippen molar-refractivity contribution in [1.82, 2.24) is 0 Å². The van der Waals surface area contributed by atoms with Gasteiger partial charge in [-0.3, -0.25) is 0 Å². The van der Waals surface area contributed by atoms with Crippen molar-refractivity contribution in [2.75, 3.05) is 6.66 Å². The molecule has 0 aliphatic rings. The summed E-state index contributed by atoms with van der Waals surface area (Å²) < 4.78 is 0. The Hall–Kier alpha value is 2.12. The van der Waals surface area contributed by atoms with Crippen molar-refractivity contribution in [2.24, 2.45) is 0 Å². The largest absolute Gasteiger partial charge is 0.364 e. The second-order valence-electron chi connectivity index (χ2n) is 1.94. The van der Waals surface area contributed by atoms with E-state index in [1.165, 1.54) is 11.1 Å².